The van der Waals surface area contributed by atoms with Crippen molar-refractivity contribution < 1.29 is 5.11 Å². The van der Waals surface area contributed by atoms with E-state index in [1.165, 1.54) is 0 Å². The number of fused-ring (bicyclic) bond motifs is 1. The average molecular weight is 148 g/mol. The molecule has 2 rings (SSSR count). The summed E-state index contributed by atoms with van der Waals surface area (Å²) < 4.78 is 0. The Kier molecular flexibility index (Phi) is 1.35. The van der Waals surface area contributed by atoms with E-state index < -0.39 is 0 Å². The summed E-state index contributed by atoms with van der Waals surface area (Å²) in [5.41, 5.74) is 1.91. The van der Waals surface area contributed by atoms with Gasteiger partial charge in [-0.25, -0.2) is 4.98 Å². The van der Waals surface area contributed by atoms with Gasteiger partial charge in [0.2, 0.25) is 5.88 Å². The molecule has 0 unspecified atom stereocenters. The first-order valence-electron chi connectivity index (χ1n) is 3.54. The van der Waals surface area contributed by atoms with E-state index in [2.05, 4.69) is 9.98 Å². The number of aliphatic imine (C=N–C) groups is 1. The van der Waals surface area contributed by atoms with E-state index in [0.29, 0.717) is 0 Å². The van der Waals surface area contributed by atoms with Crippen LogP contribution in [0.1, 0.15) is 11.1 Å². The van der Waals surface area contributed by atoms with E-state index in [9.17, 15) is 5.11 Å². The minimum Gasteiger partial charge on any atom is -0.493 e. The molecule has 0 amide bonds. The van der Waals surface area contributed by atoms with Crippen molar-refractivity contribution in [1.82, 2.24) is 4.98 Å². The van der Waals surface area contributed by atoms with Crippen LogP contribution < -0.4 is 0 Å². The normalized spacial score (nSPS) is 14.5. The van der Waals surface area contributed by atoms with Gasteiger partial charge in [0, 0.05) is 19.0 Å². The molecule has 3 heteroatoms. The summed E-state index contributed by atoms with van der Waals surface area (Å²) in [6, 6.07) is 1.92. The summed E-state index contributed by atoms with van der Waals surface area (Å²) in [6.45, 7) is 0.816. The van der Waals surface area contributed by atoms with Crippen molar-refractivity contribution in [2.24, 2.45) is 4.99 Å². The van der Waals surface area contributed by atoms with Crippen LogP contribution in [0.25, 0.3) is 0 Å². The largest absolute Gasteiger partial charge is 0.493 e. The first kappa shape index (κ1) is 6.34. The Morgan fingerprint density at radius 2 is 2.36 bits per heavy atom. The van der Waals surface area contributed by atoms with E-state index in [4.69, 9.17) is 0 Å². The highest BCUT2D eigenvalue weighted by Crippen LogP contribution is 2.18. The highest BCUT2D eigenvalue weighted by molar-refractivity contribution is 5.85. The lowest BCUT2D eigenvalue weighted by atomic mass is 10.1. The van der Waals surface area contributed by atoms with Gasteiger partial charge >= 0.3 is 0 Å². The third-order valence-electron chi connectivity index (χ3n) is 1.79. The van der Waals surface area contributed by atoms with Gasteiger partial charge in [0.25, 0.3) is 0 Å². The van der Waals surface area contributed by atoms with Gasteiger partial charge in [-0.1, -0.05) is 0 Å². The smallest absolute Gasteiger partial charge is 0.220 e. The van der Waals surface area contributed by atoms with Crippen LogP contribution in [-0.2, 0) is 6.42 Å². The molecule has 0 atom stereocenters. The molecule has 1 aliphatic heterocycles. The standard InChI is InChI=1S/C8H8N2O/c11-8-7-5-9-3-1-6(7)2-4-10-8/h2,4-5H,1,3H2,(H,10,11). The molecule has 0 fully saturated rings. The lowest BCUT2D eigenvalue weighted by Gasteiger charge is -2.08. The van der Waals surface area contributed by atoms with Crippen molar-refractivity contribution in [3.8, 4) is 5.88 Å². The van der Waals surface area contributed by atoms with Crippen LogP contribution >= 0.6 is 0 Å². The van der Waals surface area contributed by atoms with E-state index in [0.717, 1.165) is 24.1 Å². The SMILES string of the molecule is Oc1nccc2c1C=NCC2. The fourth-order valence-corrected chi connectivity index (χ4v) is 1.20. The zero-order valence-electron chi connectivity index (χ0n) is 5.99. The molecule has 56 valence electrons. The number of nitrogens with zero attached hydrogens (tertiary/aromatic N) is 2. The van der Waals surface area contributed by atoms with E-state index in [1.54, 1.807) is 12.4 Å². The minimum atomic E-state index is 0.0888. The maximum absolute atomic E-state index is 9.25. The van der Waals surface area contributed by atoms with E-state index in [1.807, 2.05) is 6.07 Å². The topological polar surface area (TPSA) is 45.5 Å². The van der Waals surface area contributed by atoms with Crippen molar-refractivity contribution in [1.29, 1.82) is 0 Å². The van der Waals surface area contributed by atoms with Crippen LogP contribution in [0.3, 0.4) is 0 Å². The molecule has 0 spiro atoms. The number of aromatic hydroxyl groups is 1. The molecular weight excluding hydrogens is 140 g/mol. The van der Waals surface area contributed by atoms with Gasteiger partial charge in [0.05, 0.1) is 5.56 Å². The van der Waals surface area contributed by atoms with Gasteiger partial charge in [0.1, 0.15) is 0 Å². The molecule has 0 saturated heterocycles. The van der Waals surface area contributed by atoms with Crippen molar-refractivity contribution in [2.75, 3.05) is 6.54 Å². The third kappa shape index (κ3) is 0.981. The Bertz CT molecular complexity index is 307. The van der Waals surface area contributed by atoms with Crippen LogP contribution in [0.5, 0.6) is 5.88 Å². The molecule has 0 bridgehead atoms. The Morgan fingerprint density at radius 1 is 1.45 bits per heavy atom. The predicted molar refractivity (Wildman–Crippen MR) is 42.1 cm³/mol. The summed E-state index contributed by atoms with van der Waals surface area (Å²) in [7, 11) is 0. The molecule has 0 radical (unpaired) electrons. The van der Waals surface area contributed by atoms with Crippen LogP contribution in [0.15, 0.2) is 17.3 Å². The summed E-state index contributed by atoms with van der Waals surface area (Å²) in [6.07, 6.45) is 4.20. The Hall–Kier alpha value is -1.38. The second-order valence-corrected chi connectivity index (χ2v) is 2.49. The Balaban J connectivity index is 2.60. The number of hydrogen-bond acceptors (Lipinski definition) is 3. The summed E-state index contributed by atoms with van der Waals surface area (Å²) >= 11 is 0. The lowest BCUT2D eigenvalue weighted by molar-refractivity contribution is 0.451. The number of aromatic nitrogens is 1. The Labute approximate surface area is 64.4 Å². The number of rotatable bonds is 0. The highest BCUT2D eigenvalue weighted by Gasteiger charge is 2.08. The first-order valence-corrected chi connectivity index (χ1v) is 3.54. The highest BCUT2D eigenvalue weighted by atomic mass is 16.3. The molecule has 0 aromatic carbocycles. The fraction of sp³-hybridized carbons (Fsp3) is 0.250. The molecule has 1 N–H and O–H groups in total. The monoisotopic (exact) mass is 148 g/mol. The van der Waals surface area contributed by atoms with Crippen molar-refractivity contribution in [3.05, 3.63) is 23.4 Å². The molecular formula is C8H8N2O. The van der Waals surface area contributed by atoms with Crippen LogP contribution in [0.2, 0.25) is 0 Å². The fourth-order valence-electron chi connectivity index (χ4n) is 1.20. The minimum absolute atomic E-state index is 0.0888. The maximum Gasteiger partial charge on any atom is 0.220 e. The molecule has 3 nitrogen and oxygen atoms in total. The van der Waals surface area contributed by atoms with Crippen molar-refractivity contribution >= 4 is 6.21 Å². The van der Waals surface area contributed by atoms with Crippen LogP contribution in [0, 0.1) is 0 Å². The molecule has 1 aromatic rings. The summed E-state index contributed by atoms with van der Waals surface area (Å²) in [5.74, 6) is 0.0888. The molecule has 0 aliphatic carbocycles. The second kappa shape index (κ2) is 2.34. The van der Waals surface area contributed by atoms with Crippen LogP contribution in [0.4, 0.5) is 0 Å². The molecule has 2 heterocycles. The quantitative estimate of drug-likeness (QED) is 0.590. The third-order valence-corrected chi connectivity index (χ3v) is 1.79. The summed E-state index contributed by atoms with van der Waals surface area (Å²) in [4.78, 5) is 7.81. The van der Waals surface area contributed by atoms with Gasteiger partial charge in [0.15, 0.2) is 0 Å². The first-order chi connectivity index (χ1) is 5.38. The molecule has 11 heavy (non-hydrogen) atoms. The lowest BCUT2D eigenvalue weighted by Crippen LogP contribution is -2.03. The zero-order valence-corrected chi connectivity index (χ0v) is 5.99. The van der Waals surface area contributed by atoms with Gasteiger partial charge in [-0.15, -0.1) is 0 Å². The predicted octanol–water partition coefficient (Wildman–Crippen LogP) is 0.762. The number of hydrogen-bond donors (Lipinski definition) is 1. The van der Waals surface area contributed by atoms with E-state index in [-0.39, 0.29) is 5.88 Å². The van der Waals surface area contributed by atoms with Crippen LogP contribution in [-0.4, -0.2) is 22.8 Å². The van der Waals surface area contributed by atoms with Gasteiger partial charge in [-0.3, -0.25) is 4.99 Å². The van der Waals surface area contributed by atoms with Gasteiger partial charge in [-0.2, -0.15) is 0 Å². The average Bonchev–Trinajstić information content (AvgIpc) is 2.06. The van der Waals surface area contributed by atoms with Gasteiger partial charge in [-0.05, 0) is 18.1 Å². The van der Waals surface area contributed by atoms with Gasteiger partial charge < -0.3 is 5.11 Å². The van der Waals surface area contributed by atoms with E-state index >= 15 is 0 Å². The molecule has 1 aliphatic rings. The maximum atomic E-state index is 9.25. The molecule has 0 saturated carbocycles. The van der Waals surface area contributed by atoms with Crippen molar-refractivity contribution in [3.63, 3.8) is 0 Å². The van der Waals surface area contributed by atoms with Crippen molar-refractivity contribution in [2.45, 2.75) is 6.42 Å². The Morgan fingerprint density at radius 3 is 3.18 bits per heavy atom. The summed E-state index contributed by atoms with van der Waals surface area (Å²) in [5, 5.41) is 9.25. The number of pyridine rings is 1. The zero-order chi connectivity index (χ0) is 7.68. The second-order valence-electron chi connectivity index (χ2n) is 2.49. The molecule has 1 aromatic heterocycles.